The number of esters is 1. The molecule has 1 aliphatic rings. The molecule has 6 heteroatoms. The van der Waals surface area contributed by atoms with Gasteiger partial charge in [-0.05, 0) is 13.0 Å². The molecule has 2 rings (SSSR count). The van der Waals surface area contributed by atoms with Crippen molar-refractivity contribution in [1.82, 2.24) is 0 Å². The molecule has 0 aliphatic heterocycles. The number of fused-ring (bicyclic) bond motifs is 1. The first-order chi connectivity index (χ1) is 9.47. The molecule has 21 heavy (non-hydrogen) atoms. The lowest BCUT2D eigenvalue weighted by Gasteiger charge is -2.20. The van der Waals surface area contributed by atoms with Gasteiger partial charge in [0.2, 0.25) is 0 Å². The lowest BCUT2D eigenvalue weighted by Crippen LogP contribution is -3.00. The van der Waals surface area contributed by atoms with Crippen LogP contribution in [0.4, 0.5) is 0 Å². The predicted molar refractivity (Wildman–Crippen MR) is 71.5 cm³/mol. The average Bonchev–Trinajstić information content (AvgIpc) is 2.40. The van der Waals surface area contributed by atoms with Gasteiger partial charge in [0.1, 0.15) is 5.75 Å². The Morgan fingerprint density at radius 3 is 2.48 bits per heavy atom. The molecule has 3 N–H and O–H groups in total. The first kappa shape index (κ1) is 17.1. The third-order valence-electron chi connectivity index (χ3n) is 3.25. The summed E-state index contributed by atoms with van der Waals surface area (Å²) >= 11 is 0. The van der Waals surface area contributed by atoms with Crippen LogP contribution >= 0.6 is 0 Å². The zero-order valence-electron chi connectivity index (χ0n) is 11.9. The molecule has 0 heterocycles. The lowest BCUT2D eigenvalue weighted by atomic mass is 9.83. The van der Waals surface area contributed by atoms with E-state index in [1.807, 2.05) is 0 Å². The van der Waals surface area contributed by atoms with Crippen molar-refractivity contribution in [3.63, 3.8) is 0 Å². The largest absolute Gasteiger partial charge is 1.00 e. The smallest absolute Gasteiger partial charge is 0.308 e. The molecule has 0 radical (unpaired) electrons. The molecule has 5 nitrogen and oxygen atoms in total. The second-order valence-corrected chi connectivity index (χ2v) is 4.64. The number of hydrogen-bond acceptors (Lipinski definition) is 4. The number of carbonyl (C=O) groups is 3. The van der Waals surface area contributed by atoms with Crippen LogP contribution in [0.25, 0.3) is 0 Å². The summed E-state index contributed by atoms with van der Waals surface area (Å²) in [5.74, 6) is -0.833. The summed E-state index contributed by atoms with van der Waals surface area (Å²) in [6.07, 6.45) is 0.435. The number of benzene rings is 1. The molecule has 0 saturated carbocycles. The number of Topliss-reactive ketones (excluding diaryl/α,β-unsaturated/α-hetero) is 2. The van der Waals surface area contributed by atoms with Crippen molar-refractivity contribution in [3.05, 3.63) is 40.5 Å². The maximum Gasteiger partial charge on any atom is 0.308 e. The zero-order valence-corrected chi connectivity index (χ0v) is 12.6. The molecule has 0 amide bonds. The molecule has 0 saturated heterocycles. The van der Waals surface area contributed by atoms with Gasteiger partial charge in [0.15, 0.2) is 11.6 Å². The van der Waals surface area contributed by atoms with Crippen LogP contribution in [-0.2, 0) is 4.79 Å². The number of hydrogen-bond donors (Lipinski definition) is 1. The number of carbonyl (C=O) groups excluding carboxylic acids is 3. The standard InChI is InChI=1S/C15H15NO4.ClH/c1-8-10(6-7-16)15(19)13-11(14(8)18)4-3-5-12(13)20-9(2)17;/h3-5H,6-7,16H2,1-2H3;1H. The van der Waals surface area contributed by atoms with E-state index in [4.69, 9.17) is 4.74 Å². The number of ether oxygens (including phenoxy) is 1. The van der Waals surface area contributed by atoms with Crippen LogP contribution in [0.5, 0.6) is 5.75 Å². The highest BCUT2D eigenvalue weighted by atomic mass is 35.5. The predicted octanol–water partition coefficient (Wildman–Crippen LogP) is -2.06. The summed E-state index contributed by atoms with van der Waals surface area (Å²) in [5, 5.41) is 0. The molecule has 0 atom stereocenters. The summed E-state index contributed by atoms with van der Waals surface area (Å²) in [7, 11) is 0. The van der Waals surface area contributed by atoms with Crippen molar-refractivity contribution in [2.45, 2.75) is 20.3 Å². The van der Waals surface area contributed by atoms with E-state index >= 15 is 0 Å². The monoisotopic (exact) mass is 309 g/mol. The Kier molecular flexibility index (Phi) is 5.41. The molecule has 1 aromatic carbocycles. The Bertz CT molecular complexity index is 649. The van der Waals surface area contributed by atoms with Gasteiger partial charge in [-0.15, -0.1) is 0 Å². The fourth-order valence-electron chi connectivity index (χ4n) is 2.33. The van der Waals surface area contributed by atoms with Crippen LogP contribution in [0.2, 0.25) is 0 Å². The van der Waals surface area contributed by atoms with Crippen LogP contribution in [0.1, 0.15) is 41.0 Å². The van der Waals surface area contributed by atoms with Gasteiger partial charge < -0.3 is 22.9 Å². The Hall–Kier alpha value is -1.98. The van der Waals surface area contributed by atoms with Crippen LogP contribution in [-0.4, -0.2) is 24.1 Å². The van der Waals surface area contributed by atoms with Gasteiger partial charge in [-0.1, -0.05) is 12.1 Å². The maximum absolute atomic E-state index is 12.5. The topological polar surface area (TPSA) is 88.1 Å². The molecule has 1 aromatic rings. The number of halogens is 1. The molecule has 112 valence electrons. The number of allylic oxidation sites excluding steroid dienone is 1. The normalized spacial score (nSPS) is 13.7. The molecular formula is C15H16ClNO4. The fourth-order valence-corrected chi connectivity index (χ4v) is 2.33. The van der Waals surface area contributed by atoms with Gasteiger partial charge in [0.25, 0.3) is 0 Å². The summed E-state index contributed by atoms with van der Waals surface area (Å²) in [6.45, 7) is 3.43. The van der Waals surface area contributed by atoms with E-state index in [0.717, 1.165) is 0 Å². The van der Waals surface area contributed by atoms with Gasteiger partial charge in [-0.25, -0.2) is 0 Å². The van der Waals surface area contributed by atoms with E-state index in [0.29, 0.717) is 29.7 Å². The number of rotatable bonds is 3. The van der Waals surface area contributed by atoms with Crippen LogP contribution < -0.4 is 22.9 Å². The highest BCUT2D eigenvalue weighted by Gasteiger charge is 2.32. The molecule has 0 bridgehead atoms. The van der Waals surface area contributed by atoms with E-state index in [-0.39, 0.29) is 35.3 Å². The van der Waals surface area contributed by atoms with E-state index < -0.39 is 5.97 Å². The van der Waals surface area contributed by atoms with Crippen molar-refractivity contribution >= 4 is 17.5 Å². The quantitative estimate of drug-likeness (QED) is 0.514. The first-order valence-corrected chi connectivity index (χ1v) is 6.37. The summed E-state index contributed by atoms with van der Waals surface area (Å²) in [6, 6.07) is 4.70. The molecule has 1 aliphatic carbocycles. The van der Waals surface area contributed by atoms with Gasteiger partial charge in [0.05, 0.1) is 12.1 Å². The van der Waals surface area contributed by atoms with Crippen molar-refractivity contribution in [2.75, 3.05) is 6.54 Å². The van der Waals surface area contributed by atoms with Crippen molar-refractivity contribution in [2.24, 2.45) is 0 Å². The average molecular weight is 310 g/mol. The third-order valence-corrected chi connectivity index (χ3v) is 3.25. The third kappa shape index (κ3) is 3.04. The summed E-state index contributed by atoms with van der Waals surface area (Å²) in [4.78, 5) is 36.0. The van der Waals surface area contributed by atoms with Crippen LogP contribution in [0.15, 0.2) is 29.3 Å². The minimum atomic E-state index is -0.524. The van der Waals surface area contributed by atoms with E-state index in [1.54, 1.807) is 19.1 Å². The second kappa shape index (κ2) is 6.65. The molecule has 0 unspecified atom stereocenters. The van der Waals surface area contributed by atoms with E-state index in [1.165, 1.54) is 13.0 Å². The van der Waals surface area contributed by atoms with Crippen molar-refractivity contribution in [1.29, 1.82) is 0 Å². The summed E-state index contributed by atoms with van der Waals surface area (Å²) in [5.41, 5.74) is 5.10. The molecule has 0 spiro atoms. The molecular weight excluding hydrogens is 294 g/mol. The highest BCUT2D eigenvalue weighted by molar-refractivity contribution is 6.27. The molecule has 0 fully saturated rings. The van der Waals surface area contributed by atoms with E-state index in [2.05, 4.69) is 5.73 Å². The zero-order chi connectivity index (χ0) is 14.9. The van der Waals surface area contributed by atoms with Gasteiger partial charge in [-0.3, -0.25) is 14.4 Å². The van der Waals surface area contributed by atoms with Gasteiger partial charge in [-0.2, -0.15) is 0 Å². The minimum absolute atomic E-state index is 0. The maximum atomic E-state index is 12.5. The Labute approximate surface area is 128 Å². The second-order valence-electron chi connectivity index (χ2n) is 4.64. The summed E-state index contributed by atoms with van der Waals surface area (Å²) < 4.78 is 5.04. The van der Waals surface area contributed by atoms with Gasteiger partial charge in [0, 0.05) is 30.1 Å². The van der Waals surface area contributed by atoms with E-state index in [9.17, 15) is 14.4 Å². The molecule has 0 aromatic heterocycles. The first-order valence-electron chi connectivity index (χ1n) is 6.37. The minimum Gasteiger partial charge on any atom is -1.00 e. The lowest BCUT2D eigenvalue weighted by molar-refractivity contribution is -0.366. The highest BCUT2D eigenvalue weighted by Crippen LogP contribution is 2.33. The van der Waals surface area contributed by atoms with Crippen LogP contribution in [0, 0.1) is 0 Å². The Morgan fingerprint density at radius 1 is 1.24 bits per heavy atom. The van der Waals surface area contributed by atoms with Crippen molar-refractivity contribution < 1.29 is 37.3 Å². The number of ketones is 2. The SMILES string of the molecule is CC(=O)Oc1cccc2c1C(=O)C(CC[NH3+])=C(C)C2=O.[Cl-]. The fraction of sp³-hybridized carbons (Fsp3) is 0.267. The Balaban J connectivity index is 0.00000220. The van der Waals surface area contributed by atoms with Crippen LogP contribution in [0.3, 0.4) is 0 Å². The van der Waals surface area contributed by atoms with Crippen molar-refractivity contribution in [3.8, 4) is 5.75 Å². The number of quaternary nitrogens is 1. The van der Waals surface area contributed by atoms with Gasteiger partial charge >= 0.3 is 5.97 Å². The Morgan fingerprint density at radius 2 is 1.90 bits per heavy atom.